The number of fused-ring (bicyclic) bond motifs is 1. The monoisotopic (exact) mass is 339 g/mol. The number of hydrogen-bond donors (Lipinski definition) is 2. The van der Waals surface area contributed by atoms with E-state index in [0.29, 0.717) is 16.9 Å². The van der Waals surface area contributed by atoms with Crippen molar-refractivity contribution in [3.05, 3.63) is 46.4 Å². The van der Waals surface area contributed by atoms with Crippen molar-refractivity contribution in [1.29, 1.82) is 0 Å². The van der Waals surface area contributed by atoms with Gasteiger partial charge in [0.2, 0.25) is 5.88 Å². The molecule has 3 rings (SSSR count). The number of methoxy groups -OCH3 is 1. The second kappa shape index (κ2) is 5.59. The molecule has 0 radical (unpaired) electrons. The molecule has 2 N–H and O–H groups in total. The van der Waals surface area contributed by atoms with Crippen LogP contribution < -0.4 is 10.3 Å². The number of aromatic nitrogens is 3. The number of nitrogens with one attached hydrogen (secondary N) is 1. The average molecular weight is 339 g/mol. The normalized spacial score (nSPS) is 11.8. The van der Waals surface area contributed by atoms with Crippen LogP contribution in [0, 0.1) is 0 Å². The van der Waals surface area contributed by atoms with E-state index >= 15 is 0 Å². The maximum Gasteiger partial charge on any atom is 0.393 e. The predicted molar refractivity (Wildman–Crippen MR) is 79.2 cm³/mol. The quantitative estimate of drug-likeness (QED) is 0.768. The van der Waals surface area contributed by atoms with Crippen molar-refractivity contribution in [1.82, 2.24) is 14.6 Å². The Morgan fingerprint density at radius 1 is 1.29 bits per heavy atom. The minimum atomic E-state index is -4.63. The molecule has 24 heavy (non-hydrogen) atoms. The topological polar surface area (TPSA) is 79.6 Å². The summed E-state index contributed by atoms with van der Waals surface area (Å²) in [7, 11) is 1.46. The van der Waals surface area contributed by atoms with E-state index in [1.807, 2.05) is 0 Å². The molecule has 2 heterocycles. The van der Waals surface area contributed by atoms with Crippen molar-refractivity contribution in [3.8, 4) is 22.8 Å². The first-order chi connectivity index (χ1) is 11.3. The van der Waals surface area contributed by atoms with E-state index in [9.17, 15) is 23.1 Å². The molecule has 0 aliphatic heterocycles. The number of aromatic amines is 1. The van der Waals surface area contributed by atoms with E-state index in [1.54, 1.807) is 24.3 Å². The minimum absolute atomic E-state index is 0.0768. The molecule has 3 aromatic rings. The van der Waals surface area contributed by atoms with Gasteiger partial charge >= 0.3 is 6.18 Å². The lowest BCUT2D eigenvalue weighted by Crippen LogP contribution is -2.22. The van der Waals surface area contributed by atoms with Crippen molar-refractivity contribution in [2.75, 3.05) is 7.11 Å². The van der Waals surface area contributed by atoms with E-state index in [-0.39, 0.29) is 5.65 Å². The van der Waals surface area contributed by atoms with Gasteiger partial charge < -0.3 is 14.8 Å². The first-order valence-electron chi connectivity index (χ1n) is 6.84. The third kappa shape index (κ3) is 2.68. The summed E-state index contributed by atoms with van der Waals surface area (Å²) in [6, 6.07) is 6.87. The summed E-state index contributed by atoms with van der Waals surface area (Å²) >= 11 is 0. The molecule has 6 nitrogen and oxygen atoms in total. The summed E-state index contributed by atoms with van der Waals surface area (Å²) in [5.74, 6) is -0.348. The minimum Gasteiger partial charge on any atom is -0.496 e. The lowest BCUT2D eigenvalue weighted by Gasteiger charge is -2.09. The molecular weight excluding hydrogens is 327 g/mol. The molecule has 0 fully saturated rings. The number of nitrogens with zero attached hydrogens (tertiary/aromatic N) is 2. The molecule has 0 amide bonds. The summed E-state index contributed by atoms with van der Waals surface area (Å²) < 4.78 is 43.8. The number of aromatic hydroxyl groups is 1. The number of halogens is 3. The van der Waals surface area contributed by atoms with Gasteiger partial charge in [-0.15, -0.1) is 0 Å². The molecule has 0 saturated carbocycles. The van der Waals surface area contributed by atoms with Crippen molar-refractivity contribution in [2.24, 2.45) is 0 Å². The van der Waals surface area contributed by atoms with Crippen LogP contribution in [0.15, 0.2) is 35.3 Å². The van der Waals surface area contributed by atoms with E-state index < -0.39 is 29.6 Å². The van der Waals surface area contributed by atoms with Crippen LogP contribution in [0.5, 0.6) is 11.6 Å². The Balaban J connectivity index is 2.23. The van der Waals surface area contributed by atoms with Gasteiger partial charge in [-0.1, -0.05) is 18.2 Å². The third-order valence-corrected chi connectivity index (χ3v) is 3.52. The highest BCUT2D eigenvalue weighted by Gasteiger charge is 2.32. The Labute approximate surface area is 133 Å². The van der Waals surface area contributed by atoms with Crippen LogP contribution in [-0.2, 0) is 6.42 Å². The Bertz CT molecular complexity index is 960. The SMILES string of the molecule is COc1ccccc1-c1cnn2c(O)c(CC(F)(F)F)c(=O)[nH]c12. The van der Waals surface area contributed by atoms with Crippen LogP contribution in [0.3, 0.4) is 0 Å². The van der Waals surface area contributed by atoms with Gasteiger partial charge in [0.25, 0.3) is 5.56 Å². The fourth-order valence-electron chi connectivity index (χ4n) is 2.47. The van der Waals surface area contributed by atoms with E-state index in [4.69, 9.17) is 4.74 Å². The summed E-state index contributed by atoms with van der Waals surface area (Å²) in [4.78, 5) is 14.3. The highest BCUT2D eigenvalue weighted by atomic mass is 19.4. The van der Waals surface area contributed by atoms with Crippen LogP contribution in [0.1, 0.15) is 5.56 Å². The fraction of sp³-hybridized carbons (Fsp3) is 0.200. The van der Waals surface area contributed by atoms with Crippen molar-refractivity contribution >= 4 is 5.65 Å². The number of H-pyrrole nitrogens is 1. The maximum absolute atomic E-state index is 12.6. The van der Waals surface area contributed by atoms with Crippen LogP contribution in [0.4, 0.5) is 13.2 Å². The van der Waals surface area contributed by atoms with Gasteiger partial charge in [0.05, 0.1) is 25.3 Å². The Hall–Kier alpha value is -2.97. The van der Waals surface area contributed by atoms with Gasteiger partial charge in [-0.2, -0.15) is 22.8 Å². The van der Waals surface area contributed by atoms with Gasteiger partial charge in [0.1, 0.15) is 11.4 Å². The number of hydrogen-bond acceptors (Lipinski definition) is 4. The van der Waals surface area contributed by atoms with Crippen LogP contribution >= 0.6 is 0 Å². The molecule has 2 aromatic heterocycles. The van der Waals surface area contributed by atoms with Crippen LogP contribution in [0.25, 0.3) is 16.8 Å². The molecule has 0 unspecified atom stereocenters. The lowest BCUT2D eigenvalue weighted by atomic mass is 10.1. The predicted octanol–water partition coefficient (Wildman–Crippen LogP) is 2.51. The zero-order chi connectivity index (χ0) is 17.5. The van der Waals surface area contributed by atoms with Crippen LogP contribution in [-0.4, -0.2) is 33.0 Å². The molecule has 1 aromatic carbocycles. The second-order valence-corrected chi connectivity index (χ2v) is 5.07. The third-order valence-electron chi connectivity index (χ3n) is 3.52. The van der Waals surface area contributed by atoms with Crippen LogP contribution in [0.2, 0.25) is 0 Å². The van der Waals surface area contributed by atoms with Gasteiger partial charge in [-0.05, 0) is 6.07 Å². The zero-order valence-corrected chi connectivity index (χ0v) is 12.4. The molecule has 0 atom stereocenters. The molecular formula is C15H12F3N3O3. The second-order valence-electron chi connectivity index (χ2n) is 5.07. The van der Waals surface area contributed by atoms with Gasteiger partial charge in [0, 0.05) is 11.1 Å². The summed E-state index contributed by atoms with van der Waals surface area (Å²) in [6.45, 7) is 0. The maximum atomic E-state index is 12.6. The molecule has 0 aliphatic rings. The van der Waals surface area contributed by atoms with Crippen molar-refractivity contribution < 1.29 is 23.0 Å². The van der Waals surface area contributed by atoms with Gasteiger partial charge in [-0.25, -0.2) is 0 Å². The van der Waals surface area contributed by atoms with Gasteiger partial charge in [-0.3, -0.25) is 4.79 Å². The number of para-hydroxylation sites is 1. The first-order valence-corrected chi connectivity index (χ1v) is 6.84. The Morgan fingerprint density at radius 3 is 2.67 bits per heavy atom. The number of benzene rings is 1. The standard InChI is InChI=1S/C15H12F3N3O3/c1-24-11-5-3-2-4-8(11)10-7-19-21-12(10)20-13(22)9(14(21)23)6-15(16,17)18/h2-5,7,23H,6H2,1H3,(H,20,22). The summed E-state index contributed by atoms with van der Waals surface area (Å²) in [6.07, 6.45) is -4.84. The smallest absolute Gasteiger partial charge is 0.393 e. The van der Waals surface area contributed by atoms with Crippen molar-refractivity contribution in [2.45, 2.75) is 12.6 Å². The van der Waals surface area contributed by atoms with E-state index in [0.717, 1.165) is 4.52 Å². The Kier molecular flexibility index (Phi) is 3.70. The highest BCUT2D eigenvalue weighted by Crippen LogP contribution is 2.33. The van der Waals surface area contributed by atoms with Gasteiger partial charge in [0.15, 0.2) is 0 Å². The molecule has 0 bridgehead atoms. The zero-order valence-electron chi connectivity index (χ0n) is 12.4. The summed E-state index contributed by atoms with van der Waals surface area (Å²) in [5.41, 5.74) is -0.737. The first kappa shape index (κ1) is 15.9. The number of alkyl halides is 3. The molecule has 0 spiro atoms. The lowest BCUT2D eigenvalue weighted by molar-refractivity contribution is -0.127. The average Bonchev–Trinajstić information content (AvgIpc) is 2.94. The Morgan fingerprint density at radius 2 is 2.00 bits per heavy atom. The molecule has 9 heteroatoms. The summed E-state index contributed by atoms with van der Waals surface area (Å²) in [5, 5.41) is 13.9. The largest absolute Gasteiger partial charge is 0.496 e. The highest BCUT2D eigenvalue weighted by molar-refractivity contribution is 5.81. The molecule has 0 aliphatic carbocycles. The van der Waals surface area contributed by atoms with E-state index in [1.165, 1.54) is 13.3 Å². The number of rotatable bonds is 3. The fourth-order valence-corrected chi connectivity index (χ4v) is 2.47. The van der Waals surface area contributed by atoms with Crippen molar-refractivity contribution in [3.63, 3.8) is 0 Å². The number of ether oxygens (including phenoxy) is 1. The molecule has 126 valence electrons. The van der Waals surface area contributed by atoms with E-state index in [2.05, 4.69) is 10.1 Å². The molecule has 0 saturated heterocycles.